The van der Waals surface area contributed by atoms with Crippen molar-refractivity contribution >= 4 is 35.2 Å². The van der Waals surface area contributed by atoms with E-state index in [0.717, 1.165) is 25.7 Å². The predicted octanol–water partition coefficient (Wildman–Crippen LogP) is 3.43. The number of likely N-dealkylation sites (tertiary alicyclic amines) is 1. The molecule has 35 heavy (non-hydrogen) atoms. The normalized spacial score (nSPS) is 30.9. The molecular formula is C27H39N3O4S. The van der Waals surface area contributed by atoms with Crippen LogP contribution >= 0.6 is 11.8 Å². The lowest BCUT2D eigenvalue weighted by Gasteiger charge is -2.38. The Bertz CT molecular complexity index is 942. The number of hydrogen-bond acceptors (Lipinski definition) is 5. The minimum Gasteiger partial charge on any atom is -0.394 e. The largest absolute Gasteiger partial charge is 0.394 e. The maximum Gasteiger partial charge on any atom is 0.244 e. The molecule has 0 radical (unpaired) electrons. The number of thioether (sulfide) groups is 1. The number of benzene rings is 1. The molecule has 4 rings (SSSR count). The highest BCUT2D eigenvalue weighted by Gasteiger charge is 2.74. The first-order valence-corrected chi connectivity index (χ1v) is 13.9. The molecule has 3 fully saturated rings. The van der Waals surface area contributed by atoms with Gasteiger partial charge in [0.2, 0.25) is 17.7 Å². The van der Waals surface area contributed by atoms with E-state index in [4.69, 9.17) is 0 Å². The Labute approximate surface area is 212 Å². The average molecular weight is 502 g/mol. The van der Waals surface area contributed by atoms with Crippen LogP contribution in [0.3, 0.4) is 0 Å². The smallest absolute Gasteiger partial charge is 0.244 e. The molecule has 3 aliphatic heterocycles. The van der Waals surface area contributed by atoms with Crippen LogP contribution in [-0.4, -0.2) is 62.5 Å². The minimum atomic E-state index is -0.681. The third kappa shape index (κ3) is 4.71. The summed E-state index contributed by atoms with van der Waals surface area (Å²) in [5, 5.41) is 16.5. The number of carbonyl (C=O) groups excluding carboxylic acids is 3. The number of fused-ring (bicyclic) bond motifs is 1. The number of aliphatic hydroxyl groups excluding tert-OH is 1. The maximum absolute atomic E-state index is 14.1. The first-order chi connectivity index (χ1) is 16.7. The standard InChI is InChI=1S/C27H39N3O4S/c1-5-9-17(4)28-25(33)23-27-13-12-20(35-27)21(24(32)29-18-10-7-6-8-11-18)22(27)26(34)30(23)19(15-31)14-16(2)3/h6-8,10-11,16-17,19-23,31H,5,9,12-15H2,1-4H3,(H,28,33)(H,29,32)/t17?,19-,20+,21-,22+,23?,27?/m1/s1. The number of anilines is 1. The fraction of sp³-hybridized carbons (Fsp3) is 0.667. The van der Waals surface area contributed by atoms with E-state index >= 15 is 0 Å². The lowest BCUT2D eigenvalue weighted by atomic mass is 9.70. The van der Waals surface area contributed by atoms with Crippen LogP contribution in [0.25, 0.3) is 0 Å². The van der Waals surface area contributed by atoms with E-state index < -0.39 is 28.7 Å². The molecule has 2 bridgehead atoms. The quantitative estimate of drug-likeness (QED) is 0.456. The Hall–Kier alpha value is -2.06. The molecule has 7 atom stereocenters. The van der Waals surface area contributed by atoms with Gasteiger partial charge in [-0.25, -0.2) is 0 Å². The van der Waals surface area contributed by atoms with Gasteiger partial charge in [0.25, 0.3) is 0 Å². The number of nitrogens with one attached hydrogen (secondary N) is 2. The van der Waals surface area contributed by atoms with Crippen molar-refractivity contribution in [3.05, 3.63) is 30.3 Å². The van der Waals surface area contributed by atoms with Gasteiger partial charge in [-0.05, 0) is 50.7 Å². The molecule has 192 valence electrons. The van der Waals surface area contributed by atoms with Gasteiger partial charge in [0.1, 0.15) is 6.04 Å². The first kappa shape index (κ1) is 26.0. The average Bonchev–Trinajstić information content (AvgIpc) is 3.45. The van der Waals surface area contributed by atoms with Gasteiger partial charge in [0, 0.05) is 17.0 Å². The second kappa shape index (κ2) is 10.5. The highest BCUT2D eigenvalue weighted by molar-refractivity contribution is 8.02. The van der Waals surface area contributed by atoms with Crippen LogP contribution in [-0.2, 0) is 14.4 Å². The Morgan fingerprint density at radius 3 is 2.54 bits per heavy atom. The van der Waals surface area contributed by atoms with E-state index in [2.05, 4.69) is 31.4 Å². The topological polar surface area (TPSA) is 98.7 Å². The van der Waals surface area contributed by atoms with Crippen LogP contribution in [0.1, 0.15) is 59.8 Å². The van der Waals surface area contributed by atoms with Crippen LogP contribution in [0.2, 0.25) is 0 Å². The van der Waals surface area contributed by atoms with Crippen molar-refractivity contribution in [1.82, 2.24) is 10.2 Å². The summed E-state index contributed by atoms with van der Waals surface area (Å²) >= 11 is 1.66. The van der Waals surface area contributed by atoms with E-state index in [1.807, 2.05) is 37.3 Å². The summed E-state index contributed by atoms with van der Waals surface area (Å²) in [5.74, 6) is -1.26. The third-order valence-corrected chi connectivity index (χ3v) is 9.74. The van der Waals surface area contributed by atoms with Crippen molar-refractivity contribution in [2.45, 2.75) is 87.9 Å². The van der Waals surface area contributed by atoms with Gasteiger partial charge in [0.15, 0.2) is 0 Å². The van der Waals surface area contributed by atoms with Gasteiger partial charge < -0.3 is 20.6 Å². The van der Waals surface area contributed by atoms with Crippen molar-refractivity contribution in [1.29, 1.82) is 0 Å². The van der Waals surface area contributed by atoms with Crippen molar-refractivity contribution < 1.29 is 19.5 Å². The summed E-state index contributed by atoms with van der Waals surface area (Å²) in [7, 11) is 0. The lowest BCUT2D eigenvalue weighted by molar-refractivity contribution is -0.142. The maximum atomic E-state index is 14.1. The Morgan fingerprint density at radius 2 is 1.91 bits per heavy atom. The first-order valence-electron chi connectivity index (χ1n) is 13.0. The molecule has 1 spiro atoms. The molecule has 1 aromatic carbocycles. The van der Waals surface area contributed by atoms with Crippen LogP contribution in [0.15, 0.2) is 30.3 Å². The van der Waals surface area contributed by atoms with Crippen LogP contribution in [0.4, 0.5) is 5.69 Å². The summed E-state index contributed by atoms with van der Waals surface area (Å²) in [6.07, 6.45) is 3.94. The van der Waals surface area contributed by atoms with E-state index in [9.17, 15) is 19.5 Å². The van der Waals surface area contributed by atoms with Gasteiger partial charge in [-0.2, -0.15) is 0 Å². The monoisotopic (exact) mass is 501 g/mol. The molecule has 3 amide bonds. The SMILES string of the molecule is CCCC(C)NC(=O)C1N([C@@H](CO)CC(C)C)C(=O)[C@@H]2[C@H](C(=O)Nc3ccccc3)[C@@H]3CCC12S3. The summed E-state index contributed by atoms with van der Waals surface area (Å²) in [6, 6.07) is 8.17. The molecule has 3 unspecified atom stereocenters. The fourth-order valence-electron chi connectivity index (χ4n) is 6.48. The van der Waals surface area contributed by atoms with E-state index in [-0.39, 0.29) is 41.5 Å². The van der Waals surface area contributed by atoms with E-state index in [1.54, 1.807) is 16.7 Å². The molecule has 3 N–H and O–H groups in total. The Kier molecular flexibility index (Phi) is 7.81. The molecule has 7 nitrogen and oxygen atoms in total. The zero-order valence-electron chi connectivity index (χ0n) is 21.2. The number of amides is 3. The van der Waals surface area contributed by atoms with Gasteiger partial charge in [-0.1, -0.05) is 45.4 Å². The molecule has 0 aromatic heterocycles. The number of nitrogens with zero attached hydrogens (tertiary/aromatic N) is 1. The van der Waals surface area contributed by atoms with Crippen molar-refractivity contribution in [2.24, 2.45) is 17.8 Å². The van der Waals surface area contributed by atoms with Gasteiger partial charge in [-0.3, -0.25) is 14.4 Å². The summed E-state index contributed by atoms with van der Waals surface area (Å²) in [4.78, 5) is 43.0. The Morgan fingerprint density at radius 1 is 1.20 bits per heavy atom. The lowest BCUT2D eigenvalue weighted by Crippen LogP contribution is -2.57. The summed E-state index contributed by atoms with van der Waals surface area (Å²) in [6.45, 7) is 7.98. The van der Waals surface area contributed by atoms with Crippen molar-refractivity contribution in [2.75, 3.05) is 11.9 Å². The number of hydrogen-bond donors (Lipinski definition) is 3. The van der Waals surface area contributed by atoms with E-state index in [1.165, 1.54) is 0 Å². The van der Waals surface area contributed by atoms with Gasteiger partial charge >= 0.3 is 0 Å². The molecule has 0 aliphatic carbocycles. The van der Waals surface area contributed by atoms with Crippen LogP contribution in [0, 0.1) is 17.8 Å². The number of rotatable bonds is 10. The van der Waals surface area contributed by atoms with Crippen LogP contribution in [0.5, 0.6) is 0 Å². The second-order valence-electron chi connectivity index (χ2n) is 10.8. The summed E-state index contributed by atoms with van der Waals surface area (Å²) in [5.41, 5.74) is 0.706. The number of para-hydroxylation sites is 1. The van der Waals surface area contributed by atoms with Crippen molar-refractivity contribution in [3.8, 4) is 0 Å². The molecule has 8 heteroatoms. The molecule has 3 heterocycles. The molecular weight excluding hydrogens is 462 g/mol. The molecule has 3 saturated heterocycles. The highest BCUT2D eigenvalue weighted by atomic mass is 32.2. The molecule has 1 aromatic rings. The van der Waals surface area contributed by atoms with Crippen molar-refractivity contribution in [3.63, 3.8) is 0 Å². The zero-order valence-corrected chi connectivity index (χ0v) is 22.0. The van der Waals surface area contributed by atoms with E-state index in [0.29, 0.717) is 12.1 Å². The summed E-state index contributed by atoms with van der Waals surface area (Å²) < 4.78 is -0.638. The predicted molar refractivity (Wildman–Crippen MR) is 139 cm³/mol. The Balaban J connectivity index is 1.69. The minimum absolute atomic E-state index is 0.00152. The van der Waals surface area contributed by atoms with Gasteiger partial charge in [0.05, 0.1) is 29.2 Å². The van der Waals surface area contributed by atoms with Crippen LogP contribution < -0.4 is 10.6 Å². The number of aliphatic hydroxyl groups is 1. The molecule has 3 aliphatic rings. The zero-order chi connectivity index (χ0) is 25.3. The number of carbonyl (C=O) groups is 3. The third-order valence-electron chi connectivity index (χ3n) is 7.79. The second-order valence-corrected chi connectivity index (χ2v) is 12.4. The highest BCUT2D eigenvalue weighted by Crippen LogP contribution is 2.66. The molecule has 0 saturated carbocycles. The van der Waals surface area contributed by atoms with Gasteiger partial charge in [-0.15, -0.1) is 11.8 Å². The fourth-order valence-corrected chi connectivity index (χ4v) is 8.68.